The van der Waals surface area contributed by atoms with Crippen LogP contribution in [0.15, 0.2) is 58.8 Å². The number of carbonyl (C=O) groups excluding carboxylic acids is 2. The molecule has 1 aromatic carbocycles. The van der Waals surface area contributed by atoms with Gasteiger partial charge in [-0.15, -0.1) is 10.2 Å². The lowest BCUT2D eigenvalue weighted by molar-refractivity contribution is -0.139. The molecule has 1 aliphatic rings. The standard InChI is InChI=1S/C24H26N6O4S/c1-5-34-23(31)21-18(25-24(32)26-22(21)16-6-8-17(33-4)9-7-16)13-35-20-11-10-19(27-28-20)30-15(3)12-14(2)29-30/h6-12,22H,5,13H2,1-4H3,(H2,25,26,32)/t22-/m1/s1. The number of aryl methyl sites for hydroxylation is 2. The zero-order valence-corrected chi connectivity index (χ0v) is 20.7. The Morgan fingerprint density at radius 2 is 1.91 bits per heavy atom. The van der Waals surface area contributed by atoms with E-state index in [1.54, 1.807) is 30.8 Å². The van der Waals surface area contributed by atoms with E-state index in [2.05, 4.69) is 25.9 Å². The number of urea groups is 1. The fourth-order valence-corrected chi connectivity index (χ4v) is 4.52. The minimum Gasteiger partial charge on any atom is -0.497 e. The Bertz CT molecular complexity index is 1250. The summed E-state index contributed by atoms with van der Waals surface area (Å²) in [5.74, 6) is 1.08. The Labute approximate surface area is 207 Å². The molecule has 35 heavy (non-hydrogen) atoms. The van der Waals surface area contributed by atoms with Crippen molar-refractivity contribution in [2.45, 2.75) is 31.8 Å². The molecule has 4 rings (SSSR count). The van der Waals surface area contributed by atoms with Gasteiger partial charge in [-0.3, -0.25) is 0 Å². The van der Waals surface area contributed by atoms with Crippen LogP contribution in [0.3, 0.4) is 0 Å². The zero-order chi connectivity index (χ0) is 24.9. The van der Waals surface area contributed by atoms with Crippen LogP contribution in [-0.4, -0.2) is 51.4 Å². The number of hydrogen-bond donors (Lipinski definition) is 2. The second kappa shape index (κ2) is 10.6. The Kier molecular flexibility index (Phi) is 7.35. The number of benzene rings is 1. The van der Waals surface area contributed by atoms with Gasteiger partial charge >= 0.3 is 12.0 Å². The maximum absolute atomic E-state index is 12.9. The third-order valence-corrected chi connectivity index (χ3v) is 6.26. The molecule has 0 radical (unpaired) electrons. The monoisotopic (exact) mass is 494 g/mol. The van der Waals surface area contributed by atoms with Gasteiger partial charge < -0.3 is 20.1 Å². The van der Waals surface area contributed by atoms with E-state index in [0.29, 0.717) is 33.6 Å². The number of esters is 1. The number of ether oxygens (including phenoxy) is 2. The summed E-state index contributed by atoms with van der Waals surface area (Å²) in [6.07, 6.45) is 0. The summed E-state index contributed by atoms with van der Waals surface area (Å²) in [7, 11) is 1.58. The fourth-order valence-electron chi connectivity index (χ4n) is 3.74. The lowest BCUT2D eigenvalue weighted by atomic mass is 9.95. The first-order chi connectivity index (χ1) is 16.9. The van der Waals surface area contributed by atoms with Crippen LogP contribution in [0.4, 0.5) is 4.79 Å². The average molecular weight is 495 g/mol. The van der Waals surface area contributed by atoms with Crippen LogP contribution in [-0.2, 0) is 9.53 Å². The van der Waals surface area contributed by atoms with Gasteiger partial charge in [0.25, 0.3) is 0 Å². The zero-order valence-electron chi connectivity index (χ0n) is 19.9. The van der Waals surface area contributed by atoms with Gasteiger partial charge in [0.15, 0.2) is 5.82 Å². The van der Waals surface area contributed by atoms with Crippen LogP contribution in [0.1, 0.15) is 29.9 Å². The first-order valence-corrected chi connectivity index (χ1v) is 12.0. The maximum Gasteiger partial charge on any atom is 0.338 e. The van der Waals surface area contributed by atoms with Gasteiger partial charge in [-0.05, 0) is 56.7 Å². The number of rotatable bonds is 8. The fraction of sp³-hybridized carbons (Fsp3) is 0.292. The van der Waals surface area contributed by atoms with Crippen molar-refractivity contribution in [1.29, 1.82) is 0 Å². The second-order valence-corrected chi connectivity index (χ2v) is 8.77. The molecule has 182 valence electrons. The van der Waals surface area contributed by atoms with Crippen molar-refractivity contribution >= 4 is 23.8 Å². The number of carbonyl (C=O) groups is 2. The van der Waals surface area contributed by atoms with E-state index >= 15 is 0 Å². The summed E-state index contributed by atoms with van der Waals surface area (Å²) in [6, 6.07) is 11.7. The van der Waals surface area contributed by atoms with Crippen molar-refractivity contribution in [2.24, 2.45) is 0 Å². The smallest absolute Gasteiger partial charge is 0.338 e. The molecule has 2 N–H and O–H groups in total. The third kappa shape index (κ3) is 5.46. The Hall–Kier alpha value is -3.86. The number of thioether (sulfide) groups is 1. The minimum absolute atomic E-state index is 0.214. The number of hydrogen-bond acceptors (Lipinski definition) is 8. The molecular weight excluding hydrogens is 468 g/mol. The topological polar surface area (TPSA) is 120 Å². The van der Waals surface area contributed by atoms with E-state index < -0.39 is 18.0 Å². The molecule has 0 fully saturated rings. The highest BCUT2D eigenvalue weighted by Crippen LogP contribution is 2.31. The molecule has 2 aromatic heterocycles. The molecule has 0 unspecified atom stereocenters. The molecule has 0 spiro atoms. The van der Waals surface area contributed by atoms with Gasteiger partial charge in [-0.2, -0.15) is 5.10 Å². The maximum atomic E-state index is 12.9. The number of nitrogens with one attached hydrogen (secondary N) is 2. The number of methoxy groups -OCH3 is 1. The number of aromatic nitrogens is 4. The molecule has 0 aliphatic carbocycles. The molecule has 0 saturated carbocycles. The predicted molar refractivity (Wildman–Crippen MR) is 130 cm³/mol. The van der Waals surface area contributed by atoms with Crippen LogP contribution in [0.5, 0.6) is 5.75 Å². The molecule has 1 aliphatic heterocycles. The Morgan fingerprint density at radius 3 is 2.51 bits per heavy atom. The van der Waals surface area contributed by atoms with Crippen molar-refractivity contribution in [3.63, 3.8) is 0 Å². The first-order valence-electron chi connectivity index (χ1n) is 11.0. The summed E-state index contributed by atoms with van der Waals surface area (Å²) >= 11 is 1.35. The van der Waals surface area contributed by atoms with E-state index in [-0.39, 0.29) is 6.61 Å². The van der Waals surface area contributed by atoms with Crippen molar-refractivity contribution in [3.05, 3.63) is 70.7 Å². The van der Waals surface area contributed by atoms with E-state index in [9.17, 15) is 9.59 Å². The quantitative estimate of drug-likeness (QED) is 0.362. The van der Waals surface area contributed by atoms with Gasteiger partial charge in [0.05, 0.1) is 31.0 Å². The van der Waals surface area contributed by atoms with Crippen molar-refractivity contribution in [3.8, 4) is 11.6 Å². The minimum atomic E-state index is -0.663. The average Bonchev–Trinajstić information content (AvgIpc) is 3.20. The number of nitrogens with zero attached hydrogens (tertiary/aromatic N) is 4. The van der Waals surface area contributed by atoms with Gasteiger partial charge in [-0.25, -0.2) is 14.3 Å². The van der Waals surface area contributed by atoms with Gasteiger partial charge in [0.1, 0.15) is 10.8 Å². The summed E-state index contributed by atoms with van der Waals surface area (Å²) < 4.78 is 12.3. The summed E-state index contributed by atoms with van der Waals surface area (Å²) in [5, 5.41) is 19.2. The Morgan fingerprint density at radius 1 is 1.14 bits per heavy atom. The molecule has 0 bridgehead atoms. The van der Waals surface area contributed by atoms with E-state index in [0.717, 1.165) is 17.0 Å². The summed E-state index contributed by atoms with van der Waals surface area (Å²) in [4.78, 5) is 25.4. The highest BCUT2D eigenvalue weighted by atomic mass is 32.2. The van der Waals surface area contributed by atoms with Crippen LogP contribution in [0.2, 0.25) is 0 Å². The highest BCUT2D eigenvalue weighted by molar-refractivity contribution is 7.99. The van der Waals surface area contributed by atoms with Crippen LogP contribution < -0.4 is 15.4 Å². The van der Waals surface area contributed by atoms with Crippen molar-refractivity contribution < 1.29 is 19.1 Å². The summed E-state index contributed by atoms with van der Waals surface area (Å²) in [6.45, 7) is 5.82. The predicted octanol–water partition coefficient (Wildman–Crippen LogP) is 3.25. The van der Waals surface area contributed by atoms with Crippen LogP contribution in [0.25, 0.3) is 5.82 Å². The van der Waals surface area contributed by atoms with Gasteiger partial charge in [0, 0.05) is 17.1 Å². The molecule has 2 amide bonds. The van der Waals surface area contributed by atoms with E-state index in [1.807, 2.05) is 44.2 Å². The molecule has 3 heterocycles. The summed E-state index contributed by atoms with van der Waals surface area (Å²) in [5.41, 5.74) is 3.40. The van der Waals surface area contributed by atoms with Gasteiger partial charge in [0.2, 0.25) is 0 Å². The molecule has 10 nitrogen and oxygen atoms in total. The second-order valence-electron chi connectivity index (χ2n) is 7.77. The molecule has 11 heteroatoms. The Balaban J connectivity index is 1.59. The normalized spacial score (nSPS) is 15.4. The third-order valence-electron chi connectivity index (χ3n) is 5.32. The molecular formula is C24H26N6O4S. The van der Waals surface area contributed by atoms with E-state index in [1.165, 1.54) is 11.8 Å². The lowest BCUT2D eigenvalue weighted by Gasteiger charge is -2.29. The SMILES string of the molecule is CCOC(=O)C1=C(CSc2ccc(-n3nc(C)cc3C)nn2)NC(=O)N[C@@H]1c1ccc(OC)cc1. The lowest BCUT2D eigenvalue weighted by Crippen LogP contribution is -2.46. The van der Waals surface area contributed by atoms with Crippen molar-refractivity contribution in [2.75, 3.05) is 19.5 Å². The highest BCUT2D eigenvalue weighted by Gasteiger charge is 2.33. The first kappa shape index (κ1) is 24.3. The van der Waals surface area contributed by atoms with Crippen molar-refractivity contribution in [1.82, 2.24) is 30.6 Å². The van der Waals surface area contributed by atoms with Gasteiger partial charge in [-0.1, -0.05) is 23.9 Å². The molecule has 3 aromatic rings. The largest absolute Gasteiger partial charge is 0.497 e. The molecule has 0 saturated heterocycles. The van der Waals surface area contributed by atoms with Crippen LogP contribution >= 0.6 is 11.8 Å². The number of amides is 2. The van der Waals surface area contributed by atoms with E-state index in [4.69, 9.17) is 9.47 Å². The van der Waals surface area contributed by atoms with Crippen LogP contribution in [0, 0.1) is 13.8 Å². The molecule has 1 atom stereocenters.